The van der Waals surface area contributed by atoms with E-state index < -0.39 is 0 Å². The largest absolute Gasteiger partial charge is 0.306 e. The quantitative estimate of drug-likeness (QED) is 0.192. The number of hydrogen-bond donors (Lipinski definition) is 0. The molecular weight excluding hydrogens is 601 g/mol. The third-order valence-corrected chi connectivity index (χ3v) is 9.96. The molecule has 244 valence electrons. The van der Waals surface area contributed by atoms with Crippen LogP contribution in [0.2, 0.25) is 0 Å². The van der Waals surface area contributed by atoms with Crippen LogP contribution in [0, 0.1) is 0 Å². The molecule has 0 saturated heterocycles. The monoisotopic (exact) mass is 642 g/mol. The summed E-state index contributed by atoms with van der Waals surface area (Å²) < 4.78 is 4.56. The van der Waals surface area contributed by atoms with Gasteiger partial charge in [-0.2, -0.15) is 0 Å². The van der Waals surface area contributed by atoms with E-state index in [4.69, 9.17) is 19.9 Å². The molecular formula is C43H42N6. The minimum absolute atomic E-state index is 0.0448. The molecule has 49 heavy (non-hydrogen) atoms. The Labute approximate surface area is 287 Å². The number of hydrogen-bond acceptors (Lipinski definition) is 4. The number of nitrogens with zero attached hydrogens (tertiary/aromatic N) is 6. The average Bonchev–Trinajstić information content (AvgIpc) is 3.60. The fourth-order valence-electron chi connectivity index (χ4n) is 7.00. The van der Waals surface area contributed by atoms with Crippen LogP contribution >= 0.6 is 0 Å². The molecule has 0 radical (unpaired) electrons. The van der Waals surface area contributed by atoms with Gasteiger partial charge in [0, 0.05) is 51.4 Å². The molecule has 2 aromatic carbocycles. The van der Waals surface area contributed by atoms with E-state index in [2.05, 4.69) is 149 Å². The maximum Gasteiger partial charge on any atom is 0.115 e. The van der Waals surface area contributed by atoms with Crippen molar-refractivity contribution in [1.82, 2.24) is 29.1 Å². The Morgan fingerprint density at radius 2 is 0.776 bits per heavy atom. The molecule has 8 rings (SSSR count). The van der Waals surface area contributed by atoms with Crippen molar-refractivity contribution in [3.8, 4) is 11.4 Å². The molecule has 0 aliphatic rings. The molecule has 6 nitrogen and oxygen atoms in total. The third kappa shape index (κ3) is 5.00. The molecule has 0 atom stereocenters. The lowest BCUT2D eigenvalue weighted by Crippen LogP contribution is -2.19. The molecule has 0 aliphatic heterocycles. The standard InChI is InChI=1S/C43H42N6/c1-41(2,3)35-23-21-33-39(46-35)37-31(11-9-25-44-37)48(33)29-17-13-27(14-18-29)43(7,8)28-15-19-30(20-16-28)49-32-12-10-26-45-38(32)40-34(49)22-24-36(47-40)42(4,5)6/h9-26H,1-8H3. The van der Waals surface area contributed by atoms with Crippen LogP contribution in [0.5, 0.6) is 0 Å². The van der Waals surface area contributed by atoms with Crippen LogP contribution in [-0.2, 0) is 16.2 Å². The van der Waals surface area contributed by atoms with Crippen molar-refractivity contribution < 1.29 is 0 Å². The van der Waals surface area contributed by atoms with Crippen molar-refractivity contribution in [1.29, 1.82) is 0 Å². The van der Waals surface area contributed by atoms with Gasteiger partial charge in [-0.3, -0.25) is 9.97 Å². The van der Waals surface area contributed by atoms with Gasteiger partial charge in [0.15, 0.2) is 0 Å². The molecule has 0 amide bonds. The minimum atomic E-state index is -0.214. The van der Waals surface area contributed by atoms with E-state index in [0.717, 1.165) is 66.9 Å². The van der Waals surface area contributed by atoms with E-state index >= 15 is 0 Å². The molecule has 8 aromatic rings. The second-order valence-corrected chi connectivity index (χ2v) is 15.8. The first kappa shape index (κ1) is 30.9. The maximum absolute atomic E-state index is 5.10. The van der Waals surface area contributed by atoms with Crippen LogP contribution in [0.3, 0.4) is 0 Å². The van der Waals surface area contributed by atoms with Crippen molar-refractivity contribution in [2.75, 3.05) is 0 Å². The molecule has 0 bridgehead atoms. The van der Waals surface area contributed by atoms with E-state index in [1.54, 1.807) is 0 Å². The Kier molecular flexibility index (Phi) is 6.84. The second kappa shape index (κ2) is 10.8. The lowest BCUT2D eigenvalue weighted by molar-refractivity contribution is 0.571. The molecule has 0 unspecified atom stereocenters. The van der Waals surface area contributed by atoms with Crippen LogP contribution in [0.4, 0.5) is 0 Å². The predicted octanol–water partition coefficient (Wildman–Crippen LogP) is 10.4. The zero-order valence-electron chi connectivity index (χ0n) is 29.6. The summed E-state index contributed by atoms with van der Waals surface area (Å²) in [7, 11) is 0. The van der Waals surface area contributed by atoms with Crippen molar-refractivity contribution in [2.24, 2.45) is 0 Å². The summed E-state index contributed by atoms with van der Waals surface area (Å²) in [4.78, 5) is 19.7. The summed E-state index contributed by atoms with van der Waals surface area (Å²) in [5.41, 5.74) is 14.5. The molecule has 6 heteroatoms. The molecule has 0 fully saturated rings. The van der Waals surface area contributed by atoms with Gasteiger partial charge in [-0.25, -0.2) is 9.97 Å². The lowest BCUT2D eigenvalue weighted by atomic mass is 9.78. The third-order valence-electron chi connectivity index (χ3n) is 9.96. The van der Waals surface area contributed by atoms with Gasteiger partial charge >= 0.3 is 0 Å². The van der Waals surface area contributed by atoms with E-state index in [1.165, 1.54) is 11.1 Å². The van der Waals surface area contributed by atoms with E-state index in [9.17, 15) is 0 Å². The minimum Gasteiger partial charge on any atom is -0.306 e. The second-order valence-electron chi connectivity index (χ2n) is 15.8. The van der Waals surface area contributed by atoms with Gasteiger partial charge in [0.2, 0.25) is 0 Å². The van der Waals surface area contributed by atoms with Crippen LogP contribution in [0.1, 0.15) is 77.9 Å². The fraction of sp³-hybridized carbons (Fsp3) is 0.256. The molecule has 6 heterocycles. The van der Waals surface area contributed by atoms with Crippen LogP contribution < -0.4 is 0 Å². The van der Waals surface area contributed by atoms with Crippen LogP contribution in [0.15, 0.2) is 109 Å². The summed E-state index contributed by atoms with van der Waals surface area (Å²) >= 11 is 0. The predicted molar refractivity (Wildman–Crippen MR) is 202 cm³/mol. The normalized spacial score (nSPS) is 12.9. The topological polar surface area (TPSA) is 61.4 Å². The molecule has 0 N–H and O–H groups in total. The Hall–Kier alpha value is -5.36. The first-order valence-electron chi connectivity index (χ1n) is 17.1. The van der Waals surface area contributed by atoms with Crippen molar-refractivity contribution >= 4 is 44.1 Å². The zero-order chi connectivity index (χ0) is 34.3. The molecule has 0 aliphatic carbocycles. The Morgan fingerprint density at radius 1 is 0.408 bits per heavy atom. The van der Waals surface area contributed by atoms with Gasteiger partial charge in [-0.05, 0) is 83.9 Å². The number of rotatable bonds is 4. The van der Waals surface area contributed by atoms with Gasteiger partial charge in [0.25, 0.3) is 0 Å². The molecule has 6 aromatic heterocycles. The van der Waals surface area contributed by atoms with Crippen molar-refractivity contribution in [2.45, 2.75) is 71.6 Å². The Morgan fingerprint density at radius 3 is 1.14 bits per heavy atom. The van der Waals surface area contributed by atoms with Gasteiger partial charge in [-0.15, -0.1) is 0 Å². The lowest BCUT2D eigenvalue weighted by Gasteiger charge is -2.27. The summed E-state index contributed by atoms with van der Waals surface area (Å²) in [6, 6.07) is 34.8. The van der Waals surface area contributed by atoms with Gasteiger partial charge < -0.3 is 9.13 Å². The SMILES string of the molecule is CC(C)(C)c1ccc2c(n1)c1ncccc1n2-c1ccc(C(C)(C)c2ccc(-n3c4cccnc4c4nc(C(C)(C)C)ccc43)cc2)cc1. The number of benzene rings is 2. The van der Waals surface area contributed by atoms with Gasteiger partial charge in [0.1, 0.15) is 22.1 Å². The first-order chi connectivity index (χ1) is 23.3. The van der Waals surface area contributed by atoms with E-state index in [1.807, 2.05) is 24.5 Å². The zero-order valence-corrected chi connectivity index (χ0v) is 29.6. The fourth-order valence-corrected chi connectivity index (χ4v) is 7.00. The molecule has 0 saturated carbocycles. The highest BCUT2D eigenvalue weighted by Crippen LogP contribution is 2.37. The Balaban J connectivity index is 1.16. The van der Waals surface area contributed by atoms with Crippen LogP contribution in [0.25, 0.3) is 55.5 Å². The highest BCUT2D eigenvalue weighted by molar-refractivity contribution is 6.05. The highest BCUT2D eigenvalue weighted by atomic mass is 15.0. The average molecular weight is 643 g/mol. The summed E-state index contributed by atoms with van der Waals surface area (Å²) in [6.07, 6.45) is 3.71. The van der Waals surface area contributed by atoms with E-state index in [0.29, 0.717) is 0 Å². The smallest absolute Gasteiger partial charge is 0.115 e. The van der Waals surface area contributed by atoms with Crippen molar-refractivity contribution in [3.05, 3.63) is 132 Å². The molecule has 0 spiro atoms. The highest BCUT2D eigenvalue weighted by Gasteiger charge is 2.25. The Bertz CT molecular complexity index is 2340. The van der Waals surface area contributed by atoms with Crippen molar-refractivity contribution in [3.63, 3.8) is 0 Å². The van der Waals surface area contributed by atoms with Crippen LogP contribution in [-0.4, -0.2) is 29.1 Å². The summed E-state index contributed by atoms with van der Waals surface area (Å²) in [6.45, 7) is 17.8. The summed E-state index contributed by atoms with van der Waals surface area (Å²) in [5, 5.41) is 0. The van der Waals surface area contributed by atoms with Gasteiger partial charge in [0.05, 0.1) is 22.1 Å². The number of pyridine rings is 4. The first-order valence-corrected chi connectivity index (χ1v) is 17.1. The number of aromatic nitrogens is 6. The maximum atomic E-state index is 5.10. The summed E-state index contributed by atoms with van der Waals surface area (Å²) in [5.74, 6) is 0. The number of fused-ring (bicyclic) bond motifs is 6. The van der Waals surface area contributed by atoms with E-state index in [-0.39, 0.29) is 16.2 Å². The van der Waals surface area contributed by atoms with Gasteiger partial charge in [-0.1, -0.05) is 79.7 Å².